The first kappa shape index (κ1) is 16.4. The van der Waals surface area contributed by atoms with E-state index in [4.69, 9.17) is 4.74 Å². The number of methoxy groups -OCH3 is 1. The quantitative estimate of drug-likeness (QED) is 0.324. The van der Waals surface area contributed by atoms with Gasteiger partial charge in [0, 0.05) is 17.5 Å². The lowest BCUT2D eigenvalue weighted by Crippen LogP contribution is -2.11. The number of aromatic amines is 1. The molecule has 0 saturated heterocycles. The fourth-order valence-corrected chi connectivity index (χ4v) is 2.64. The number of carbonyl (C=O) groups is 1. The molecule has 3 rings (SSSR count). The van der Waals surface area contributed by atoms with Crippen molar-refractivity contribution in [3.63, 3.8) is 0 Å². The van der Waals surface area contributed by atoms with E-state index in [1.165, 1.54) is 7.11 Å². The normalized spacial score (nSPS) is 11.3. The van der Waals surface area contributed by atoms with Crippen molar-refractivity contribution in [1.82, 2.24) is 10.2 Å². The number of ether oxygens (including phenoxy) is 1. The zero-order valence-corrected chi connectivity index (χ0v) is 13.6. The molecule has 0 aliphatic heterocycles. The summed E-state index contributed by atoms with van der Waals surface area (Å²) in [6.45, 7) is 0. The maximum Gasteiger partial charge on any atom is 0.356 e. The number of nitrogens with one attached hydrogen (secondary N) is 1. The van der Waals surface area contributed by atoms with E-state index in [-0.39, 0.29) is 12.1 Å². The minimum atomic E-state index is -0.518. The highest BCUT2D eigenvalue weighted by atomic mass is 16.5. The standard InChI is InChI=1S/C19H17N3O3/c1-25-19(23)18-15(12-16(22-24)13-8-4-2-5-9-13)17(20-21-18)14-10-6-3-7-11-14/h2-11,24H,12H2,1H3,(H,20,21)/b22-16-. The van der Waals surface area contributed by atoms with Crippen LogP contribution in [-0.2, 0) is 11.2 Å². The number of esters is 1. The molecule has 0 atom stereocenters. The summed E-state index contributed by atoms with van der Waals surface area (Å²) in [6.07, 6.45) is 0.228. The van der Waals surface area contributed by atoms with Gasteiger partial charge in [-0.3, -0.25) is 5.10 Å². The smallest absolute Gasteiger partial charge is 0.356 e. The highest BCUT2D eigenvalue weighted by Crippen LogP contribution is 2.26. The number of aromatic nitrogens is 2. The van der Waals surface area contributed by atoms with Gasteiger partial charge in [0.1, 0.15) is 5.69 Å². The number of hydrogen-bond donors (Lipinski definition) is 2. The molecule has 6 nitrogen and oxygen atoms in total. The number of oxime groups is 1. The fourth-order valence-electron chi connectivity index (χ4n) is 2.64. The largest absolute Gasteiger partial charge is 0.464 e. The Hall–Kier alpha value is -3.41. The molecule has 0 fully saturated rings. The topological polar surface area (TPSA) is 87.6 Å². The zero-order valence-electron chi connectivity index (χ0n) is 13.6. The SMILES string of the molecule is COC(=O)c1[nH]nc(-c2ccccc2)c1C/C(=N/O)c1ccccc1. The van der Waals surface area contributed by atoms with Gasteiger partial charge in [-0.25, -0.2) is 4.79 Å². The van der Waals surface area contributed by atoms with Gasteiger partial charge in [0.15, 0.2) is 0 Å². The first-order valence-corrected chi connectivity index (χ1v) is 7.72. The summed E-state index contributed by atoms with van der Waals surface area (Å²) in [5, 5.41) is 19.9. The average molecular weight is 335 g/mol. The van der Waals surface area contributed by atoms with E-state index >= 15 is 0 Å². The molecular weight excluding hydrogens is 318 g/mol. The Labute approximate surface area is 144 Å². The highest BCUT2D eigenvalue weighted by Gasteiger charge is 2.22. The van der Waals surface area contributed by atoms with E-state index in [0.29, 0.717) is 17.0 Å². The molecule has 3 aromatic rings. The Bertz CT molecular complexity index is 887. The van der Waals surface area contributed by atoms with Crippen molar-refractivity contribution in [2.45, 2.75) is 6.42 Å². The zero-order chi connectivity index (χ0) is 17.6. The lowest BCUT2D eigenvalue weighted by molar-refractivity contribution is 0.0593. The molecule has 6 heteroatoms. The molecule has 1 heterocycles. The second-order valence-electron chi connectivity index (χ2n) is 5.37. The van der Waals surface area contributed by atoms with E-state index < -0.39 is 5.97 Å². The first-order valence-electron chi connectivity index (χ1n) is 7.72. The van der Waals surface area contributed by atoms with E-state index in [9.17, 15) is 10.0 Å². The fraction of sp³-hybridized carbons (Fsp3) is 0.105. The molecular formula is C19H17N3O3. The summed E-state index contributed by atoms with van der Waals surface area (Å²) in [5.74, 6) is -0.518. The molecule has 0 bridgehead atoms. The van der Waals surface area contributed by atoms with Gasteiger partial charge >= 0.3 is 5.97 Å². The number of benzene rings is 2. The number of carbonyl (C=O) groups excluding carboxylic acids is 1. The molecule has 126 valence electrons. The van der Waals surface area contributed by atoms with Crippen LogP contribution in [0.2, 0.25) is 0 Å². The minimum Gasteiger partial charge on any atom is -0.464 e. The molecule has 2 N–H and O–H groups in total. The molecule has 0 amide bonds. The average Bonchev–Trinajstić information content (AvgIpc) is 3.10. The van der Waals surface area contributed by atoms with Gasteiger partial charge in [-0.2, -0.15) is 5.10 Å². The van der Waals surface area contributed by atoms with E-state index in [1.807, 2.05) is 60.7 Å². The Balaban J connectivity index is 2.07. The molecule has 1 aromatic heterocycles. The maximum absolute atomic E-state index is 12.1. The summed E-state index contributed by atoms with van der Waals surface area (Å²) < 4.78 is 4.83. The van der Waals surface area contributed by atoms with Crippen LogP contribution in [-0.4, -0.2) is 34.2 Å². The summed E-state index contributed by atoms with van der Waals surface area (Å²) in [5.41, 5.74) is 3.55. The number of hydrogen-bond acceptors (Lipinski definition) is 5. The highest BCUT2D eigenvalue weighted by molar-refractivity contribution is 6.04. The van der Waals surface area contributed by atoms with Gasteiger partial charge in [0.05, 0.1) is 18.5 Å². The summed E-state index contributed by atoms with van der Waals surface area (Å²) >= 11 is 0. The molecule has 25 heavy (non-hydrogen) atoms. The van der Waals surface area contributed by atoms with Crippen LogP contribution in [0.15, 0.2) is 65.8 Å². The predicted molar refractivity (Wildman–Crippen MR) is 93.8 cm³/mol. The van der Waals surface area contributed by atoms with E-state index in [0.717, 1.165) is 11.1 Å². The van der Waals surface area contributed by atoms with Crippen LogP contribution in [0.25, 0.3) is 11.3 Å². The second-order valence-corrected chi connectivity index (χ2v) is 5.37. The van der Waals surface area contributed by atoms with Crippen LogP contribution < -0.4 is 0 Å². The number of H-pyrrole nitrogens is 1. The Morgan fingerprint density at radius 1 is 1.12 bits per heavy atom. The molecule has 0 radical (unpaired) electrons. The number of rotatable bonds is 5. The monoisotopic (exact) mass is 335 g/mol. The third-order valence-corrected chi connectivity index (χ3v) is 3.88. The van der Waals surface area contributed by atoms with Crippen LogP contribution in [0.4, 0.5) is 0 Å². The van der Waals surface area contributed by atoms with Crippen molar-refractivity contribution < 1.29 is 14.7 Å². The van der Waals surface area contributed by atoms with Crippen molar-refractivity contribution in [1.29, 1.82) is 0 Å². The Kier molecular flexibility index (Phi) is 4.89. The molecule has 0 aliphatic rings. The summed E-state index contributed by atoms with van der Waals surface area (Å²) in [7, 11) is 1.31. The van der Waals surface area contributed by atoms with Crippen LogP contribution in [0.5, 0.6) is 0 Å². The summed E-state index contributed by atoms with van der Waals surface area (Å²) in [4.78, 5) is 12.1. The van der Waals surface area contributed by atoms with Gasteiger partial charge in [-0.05, 0) is 5.56 Å². The maximum atomic E-state index is 12.1. The van der Waals surface area contributed by atoms with Gasteiger partial charge in [-0.15, -0.1) is 0 Å². The van der Waals surface area contributed by atoms with Crippen molar-refractivity contribution in [2.75, 3.05) is 7.11 Å². The molecule has 0 spiro atoms. The molecule has 0 saturated carbocycles. The molecule has 0 aliphatic carbocycles. The molecule has 2 aromatic carbocycles. The van der Waals surface area contributed by atoms with Crippen LogP contribution in [0, 0.1) is 0 Å². The minimum absolute atomic E-state index is 0.228. The van der Waals surface area contributed by atoms with Crippen molar-refractivity contribution in [3.05, 3.63) is 77.5 Å². The Morgan fingerprint density at radius 3 is 2.36 bits per heavy atom. The van der Waals surface area contributed by atoms with Gasteiger partial charge in [0.2, 0.25) is 0 Å². The Morgan fingerprint density at radius 2 is 1.76 bits per heavy atom. The second kappa shape index (κ2) is 7.44. The van der Waals surface area contributed by atoms with Crippen LogP contribution in [0.1, 0.15) is 21.6 Å². The summed E-state index contributed by atoms with van der Waals surface area (Å²) in [6, 6.07) is 18.8. The predicted octanol–water partition coefficient (Wildman–Crippen LogP) is 3.28. The van der Waals surface area contributed by atoms with Crippen LogP contribution in [0.3, 0.4) is 0 Å². The van der Waals surface area contributed by atoms with Gasteiger partial charge in [-0.1, -0.05) is 65.8 Å². The van der Waals surface area contributed by atoms with Gasteiger partial charge < -0.3 is 9.94 Å². The third kappa shape index (κ3) is 3.42. The lowest BCUT2D eigenvalue weighted by Gasteiger charge is -2.08. The number of nitrogens with zero attached hydrogens (tertiary/aromatic N) is 2. The molecule has 0 unspecified atom stereocenters. The van der Waals surface area contributed by atoms with Crippen molar-refractivity contribution in [3.8, 4) is 11.3 Å². The van der Waals surface area contributed by atoms with E-state index in [1.54, 1.807) is 0 Å². The van der Waals surface area contributed by atoms with E-state index in [2.05, 4.69) is 15.4 Å². The van der Waals surface area contributed by atoms with Crippen molar-refractivity contribution in [2.24, 2.45) is 5.16 Å². The van der Waals surface area contributed by atoms with Crippen LogP contribution >= 0.6 is 0 Å². The third-order valence-electron chi connectivity index (χ3n) is 3.88. The van der Waals surface area contributed by atoms with Crippen molar-refractivity contribution >= 4 is 11.7 Å². The van der Waals surface area contributed by atoms with Gasteiger partial charge in [0.25, 0.3) is 0 Å². The first-order chi connectivity index (χ1) is 12.2. The lowest BCUT2D eigenvalue weighted by atomic mass is 9.97.